The molecule has 1 aromatic rings. The van der Waals surface area contributed by atoms with Crippen molar-refractivity contribution >= 4 is 5.97 Å². The standard InChI is InChI=1S/C26H40F2O3/c1-3-5-7-8-9-11-19-30-22-17-18-23(25(28)24(22)27)31-26(29)21-15-13-20(14-16-21)12-10-6-4-2/h17-18,20-21H,3-16,19H2,1-2H3/t20-,21-. The lowest BCUT2D eigenvalue weighted by Crippen LogP contribution is -2.26. The van der Waals surface area contributed by atoms with Gasteiger partial charge in [-0.2, -0.15) is 8.78 Å². The number of carbonyl (C=O) groups is 1. The van der Waals surface area contributed by atoms with E-state index in [4.69, 9.17) is 9.47 Å². The molecule has 0 unspecified atom stereocenters. The Morgan fingerprint density at radius 2 is 1.42 bits per heavy atom. The molecule has 3 nitrogen and oxygen atoms in total. The van der Waals surface area contributed by atoms with Crippen LogP contribution in [0.4, 0.5) is 8.78 Å². The average molecular weight is 439 g/mol. The maximum atomic E-state index is 14.4. The Morgan fingerprint density at radius 1 is 0.839 bits per heavy atom. The van der Waals surface area contributed by atoms with Gasteiger partial charge in [-0.05, 0) is 50.2 Å². The molecule has 5 heteroatoms. The molecule has 0 bridgehead atoms. The summed E-state index contributed by atoms with van der Waals surface area (Å²) >= 11 is 0. The van der Waals surface area contributed by atoms with Crippen LogP contribution in [0.5, 0.6) is 11.5 Å². The molecule has 1 saturated carbocycles. The summed E-state index contributed by atoms with van der Waals surface area (Å²) in [5, 5.41) is 0. The Bertz CT molecular complexity index is 654. The highest BCUT2D eigenvalue weighted by Crippen LogP contribution is 2.34. The van der Waals surface area contributed by atoms with E-state index >= 15 is 0 Å². The Balaban J connectivity index is 1.76. The maximum Gasteiger partial charge on any atom is 0.314 e. The first-order valence-electron chi connectivity index (χ1n) is 12.4. The van der Waals surface area contributed by atoms with Crippen molar-refractivity contribution in [2.75, 3.05) is 6.61 Å². The third-order valence-corrected chi connectivity index (χ3v) is 6.37. The number of benzene rings is 1. The van der Waals surface area contributed by atoms with Crippen LogP contribution in [0, 0.1) is 23.5 Å². The molecule has 1 aliphatic rings. The Hall–Kier alpha value is -1.65. The second kappa shape index (κ2) is 14.4. The van der Waals surface area contributed by atoms with Gasteiger partial charge < -0.3 is 9.47 Å². The number of hydrogen-bond donors (Lipinski definition) is 0. The number of esters is 1. The molecule has 0 N–H and O–H groups in total. The normalized spacial score (nSPS) is 18.7. The number of halogens is 2. The van der Waals surface area contributed by atoms with Crippen molar-refractivity contribution in [2.24, 2.45) is 11.8 Å². The van der Waals surface area contributed by atoms with Gasteiger partial charge in [0, 0.05) is 0 Å². The van der Waals surface area contributed by atoms with E-state index < -0.39 is 17.6 Å². The molecular formula is C26H40F2O3. The molecular weight excluding hydrogens is 398 g/mol. The highest BCUT2D eigenvalue weighted by molar-refractivity contribution is 5.75. The first kappa shape index (κ1) is 25.6. The van der Waals surface area contributed by atoms with Crippen molar-refractivity contribution in [1.29, 1.82) is 0 Å². The van der Waals surface area contributed by atoms with Crippen LogP contribution in [0.1, 0.15) is 104 Å². The van der Waals surface area contributed by atoms with Gasteiger partial charge in [0.05, 0.1) is 12.5 Å². The maximum absolute atomic E-state index is 14.4. The lowest BCUT2D eigenvalue weighted by molar-refractivity contribution is -0.140. The number of rotatable bonds is 14. The summed E-state index contributed by atoms with van der Waals surface area (Å²) < 4.78 is 39.4. The van der Waals surface area contributed by atoms with Crippen molar-refractivity contribution in [3.05, 3.63) is 23.8 Å². The quantitative estimate of drug-likeness (QED) is 0.168. The fourth-order valence-corrected chi connectivity index (χ4v) is 4.33. The number of carbonyl (C=O) groups excluding carboxylic acids is 1. The lowest BCUT2D eigenvalue weighted by Gasteiger charge is -2.27. The molecule has 2 rings (SSSR count). The molecule has 0 heterocycles. The van der Waals surface area contributed by atoms with E-state index in [1.807, 2.05) is 0 Å². The van der Waals surface area contributed by atoms with Crippen LogP contribution in [0.25, 0.3) is 0 Å². The Labute approximate surface area is 186 Å². The largest absolute Gasteiger partial charge is 0.490 e. The van der Waals surface area contributed by atoms with Crippen LogP contribution in [-0.4, -0.2) is 12.6 Å². The van der Waals surface area contributed by atoms with Crippen LogP contribution in [0.2, 0.25) is 0 Å². The molecule has 0 amide bonds. The van der Waals surface area contributed by atoms with Gasteiger partial charge in [0.25, 0.3) is 0 Å². The predicted octanol–water partition coefficient (Wildman–Crippen LogP) is 8.00. The smallest absolute Gasteiger partial charge is 0.314 e. The highest BCUT2D eigenvalue weighted by Gasteiger charge is 2.28. The number of ether oxygens (including phenoxy) is 2. The first-order valence-corrected chi connectivity index (χ1v) is 12.4. The van der Waals surface area contributed by atoms with Crippen molar-refractivity contribution in [3.63, 3.8) is 0 Å². The molecule has 1 fully saturated rings. The van der Waals surface area contributed by atoms with Crippen molar-refractivity contribution < 1.29 is 23.0 Å². The zero-order valence-electron chi connectivity index (χ0n) is 19.4. The molecule has 0 radical (unpaired) electrons. The zero-order chi connectivity index (χ0) is 22.5. The molecule has 0 saturated heterocycles. The van der Waals surface area contributed by atoms with Crippen molar-refractivity contribution in [2.45, 2.75) is 104 Å². The topological polar surface area (TPSA) is 35.5 Å². The summed E-state index contributed by atoms with van der Waals surface area (Å²) in [6.07, 6.45) is 15.0. The summed E-state index contributed by atoms with van der Waals surface area (Å²) in [4.78, 5) is 12.5. The second-order valence-electron chi connectivity index (χ2n) is 8.94. The highest BCUT2D eigenvalue weighted by atomic mass is 19.2. The molecule has 0 aliphatic heterocycles. The van der Waals surface area contributed by atoms with Gasteiger partial charge in [0.1, 0.15) is 0 Å². The molecule has 31 heavy (non-hydrogen) atoms. The monoisotopic (exact) mass is 438 g/mol. The summed E-state index contributed by atoms with van der Waals surface area (Å²) in [5.41, 5.74) is 0. The van der Waals surface area contributed by atoms with Gasteiger partial charge in [-0.25, -0.2) is 0 Å². The lowest BCUT2D eigenvalue weighted by atomic mass is 9.80. The van der Waals surface area contributed by atoms with Gasteiger partial charge in [0.2, 0.25) is 11.6 Å². The average Bonchev–Trinajstić information content (AvgIpc) is 2.78. The third kappa shape index (κ3) is 8.78. The molecule has 0 aromatic heterocycles. The van der Waals surface area contributed by atoms with Gasteiger partial charge in [-0.1, -0.05) is 71.6 Å². The van der Waals surface area contributed by atoms with E-state index in [9.17, 15) is 13.6 Å². The van der Waals surface area contributed by atoms with Crippen LogP contribution >= 0.6 is 0 Å². The van der Waals surface area contributed by atoms with Crippen LogP contribution < -0.4 is 9.47 Å². The van der Waals surface area contributed by atoms with Crippen LogP contribution in [0.15, 0.2) is 12.1 Å². The molecule has 0 atom stereocenters. The van der Waals surface area contributed by atoms with Gasteiger partial charge in [-0.15, -0.1) is 0 Å². The van der Waals surface area contributed by atoms with Gasteiger partial charge in [0.15, 0.2) is 11.5 Å². The van der Waals surface area contributed by atoms with Gasteiger partial charge >= 0.3 is 5.97 Å². The van der Waals surface area contributed by atoms with E-state index in [-0.39, 0.29) is 17.4 Å². The summed E-state index contributed by atoms with van der Waals surface area (Å²) in [6.45, 7) is 4.72. The number of hydrogen-bond acceptors (Lipinski definition) is 3. The Morgan fingerprint density at radius 3 is 2.13 bits per heavy atom. The van der Waals surface area contributed by atoms with E-state index in [1.54, 1.807) is 0 Å². The summed E-state index contributed by atoms with van der Waals surface area (Å²) in [7, 11) is 0. The van der Waals surface area contributed by atoms with Crippen molar-refractivity contribution in [1.82, 2.24) is 0 Å². The molecule has 176 valence electrons. The fourth-order valence-electron chi connectivity index (χ4n) is 4.33. The predicted molar refractivity (Wildman–Crippen MR) is 120 cm³/mol. The zero-order valence-corrected chi connectivity index (χ0v) is 19.4. The molecule has 1 aliphatic carbocycles. The minimum Gasteiger partial charge on any atom is -0.490 e. The van der Waals surface area contributed by atoms with Crippen LogP contribution in [-0.2, 0) is 4.79 Å². The number of unbranched alkanes of at least 4 members (excludes halogenated alkanes) is 7. The van der Waals surface area contributed by atoms with E-state index in [0.717, 1.165) is 44.9 Å². The van der Waals surface area contributed by atoms with Gasteiger partial charge in [-0.3, -0.25) is 4.79 Å². The first-order chi connectivity index (χ1) is 15.1. The SMILES string of the molecule is CCCCCCCCOc1ccc(OC(=O)[C@H]2CC[C@H](CCCCC)CC2)c(F)c1F. The summed E-state index contributed by atoms with van der Waals surface area (Å²) in [5.74, 6) is -2.72. The molecule has 1 aromatic carbocycles. The second-order valence-corrected chi connectivity index (χ2v) is 8.94. The van der Waals surface area contributed by atoms with Crippen LogP contribution in [0.3, 0.4) is 0 Å². The van der Waals surface area contributed by atoms with E-state index in [1.165, 1.54) is 57.1 Å². The van der Waals surface area contributed by atoms with E-state index in [0.29, 0.717) is 12.5 Å². The third-order valence-electron chi connectivity index (χ3n) is 6.37. The minimum absolute atomic E-state index is 0.126. The van der Waals surface area contributed by atoms with E-state index in [2.05, 4.69) is 13.8 Å². The fraction of sp³-hybridized carbons (Fsp3) is 0.731. The minimum atomic E-state index is -1.15. The Kier molecular flexibility index (Phi) is 11.9. The summed E-state index contributed by atoms with van der Waals surface area (Å²) in [6, 6.07) is 2.64. The molecule has 0 spiro atoms. The van der Waals surface area contributed by atoms with Crippen molar-refractivity contribution in [3.8, 4) is 11.5 Å².